The van der Waals surface area contributed by atoms with Gasteiger partial charge in [-0.25, -0.2) is 0 Å². The van der Waals surface area contributed by atoms with Crippen LogP contribution in [0.2, 0.25) is 0 Å². The zero-order chi connectivity index (χ0) is 6.04. The minimum Gasteiger partial charge on any atom is -0.387 e. The molecule has 8 heavy (non-hydrogen) atoms. The Morgan fingerprint density at radius 2 is 2.50 bits per heavy atom. The van der Waals surface area contributed by atoms with Gasteiger partial charge in [0.25, 0.3) is 0 Å². The minimum absolute atomic E-state index is 0.375. The van der Waals surface area contributed by atoms with E-state index in [0.29, 0.717) is 13.1 Å². The number of β-amino-alcohol motifs (C(OH)–C–C–N with tert-alkyl or cyclic N) is 1. The van der Waals surface area contributed by atoms with Crippen LogP contribution >= 0.6 is 0 Å². The molecule has 3 heteroatoms. The molecule has 0 saturated carbocycles. The third-order valence-electron chi connectivity index (χ3n) is 1.60. The van der Waals surface area contributed by atoms with Crippen molar-refractivity contribution in [3.05, 3.63) is 0 Å². The van der Waals surface area contributed by atoms with E-state index in [1.165, 1.54) is 0 Å². The fraction of sp³-hybridized carbons (Fsp3) is 1.00. The Kier molecular flexibility index (Phi) is 1.51. The first-order valence-electron chi connectivity index (χ1n) is 2.90. The second-order valence-corrected chi connectivity index (χ2v) is 2.36. The quantitative estimate of drug-likeness (QED) is 0.398. The number of aliphatic hydroxyl groups is 1. The van der Waals surface area contributed by atoms with Crippen molar-refractivity contribution in [2.45, 2.75) is 12.0 Å². The van der Waals surface area contributed by atoms with Gasteiger partial charge in [-0.15, -0.1) is 0 Å². The summed E-state index contributed by atoms with van der Waals surface area (Å²) in [4.78, 5) is 0. The van der Waals surface area contributed by atoms with Crippen LogP contribution in [0.4, 0.5) is 0 Å². The number of hydrogen-bond donors (Lipinski definition) is 3. The molecule has 1 aliphatic rings. The highest BCUT2D eigenvalue weighted by molar-refractivity contribution is 4.87. The maximum absolute atomic E-state index is 9.31. The van der Waals surface area contributed by atoms with Crippen LogP contribution in [0.25, 0.3) is 0 Å². The zero-order valence-electron chi connectivity index (χ0n) is 4.85. The summed E-state index contributed by atoms with van der Waals surface area (Å²) in [6, 6.07) is 0. The van der Waals surface area contributed by atoms with E-state index in [2.05, 4.69) is 5.32 Å². The first-order valence-corrected chi connectivity index (χ1v) is 2.90. The Bertz CT molecular complexity index is 78.5. The van der Waals surface area contributed by atoms with E-state index in [0.717, 1.165) is 13.0 Å². The molecule has 0 aromatic heterocycles. The zero-order valence-corrected chi connectivity index (χ0v) is 4.85. The molecule has 0 aromatic carbocycles. The maximum atomic E-state index is 9.31. The topological polar surface area (TPSA) is 58.3 Å². The third kappa shape index (κ3) is 0.992. The fourth-order valence-corrected chi connectivity index (χ4v) is 0.905. The fourth-order valence-electron chi connectivity index (χ4n) is 0.905. The molecule has 0 aliphatic carbocycles. The number of nitrogens with two attached hydrogens (primary N) is 1. The van der Waals surface area contributed by atoms with Gasteiger partial charge in [-0.2, -0.15) is 0 Å². The largest absolute Gasteiger partial charge is 0.387 e. The summed E-state index contributed by atoms with van der Waals surface area (Å²) in [6.45, 7) is 1.93. The molecule has 1 saturated heterocycles. The van der Waals surface area contributed by atoms with E-state index in [9.17, 15) is 5.11 Å². The summed E-state index contributed by atoms with van der Waals surface area (Å²) in [7, 11) is 0. The van der Waals surface area contributed by atoms with Crippen LogP contribution in [0.3, 0.4) is 0 Å². The minimum atomic E-state index is -0.597. The van der Waals surface area contributed by atoms with Gasteiger partial charge in [0.05, 0.1) is 5.60 Å². The van der Waals surface area contributed by atoms with E-state index in [1.807, 2.05) is 0 Å². The van der Waals surface area contributed by atoms with Crippen LogP contribution in [-0.2, 0) is 0 Å². The summed E-state index contributed by atoms with van der Waals surface area (Å²) in [5.74, 6) is 0. The van der Waals surface area contributed by atoms with Gasteiger partial charge < -0.3 is 16.2 Å². The first kappa shape index (κ1) is 6.01. The molecular formula is C5H12N2O. The highest BCUT2D eigenvalue weighted by atomic mass is 16.3. The molecule has 48 valence electrons. The smallest absolute Gasteiger partial charge is 0.0905 e. The van der Waals surface area contributed by atoms with Crippen LogP contribution in [0.1, 0.15) is 6.42 Å². The van der Waals surface area contributed by atoms with Crippen molar-refractivity contribution < 1.29 is 5.11 Å². The lowest BCUT2D eigenvalue weighted by Crippen LogP contribution is -2.39. The standard InChI is InChI=1S/C5H12N2O/c6-3-5(8)1-2-7-4-5/h7-8H,1-4,6H2. The normalized spacial score (nSPS) is 38.2. The summed E-state index contributed by atoms with van der Waals surface area (Å²) in [6.07, 6.45) is 0.795. The van der Waals surface area contributed by atoms with Crippen molar-refractivity contribution in [2.75, 3.05) is 19.6 Å². The molecule has 1 atom stereocenters. The van der Waals surface area contributed by atoms with E-state index in [-0.39, 0.29) is 0 Å². The van der Waals surface area contributed by atoms with Gasteiger partial charge in [0.2, 0.25) is 0 Å². The van der Waals surface area contributed by atoms with Gasteiger partial charge in [-0.3, -0.25) is 0 Å². The molecule has 0 radical (unpaired) electrons. The molecule has 1 unspecified atom stereocenters. The summed E-state index contributed by atoms with van der Waals surface area (Å²) in [5.41, 5.74) is 4.68. The van der Waals surface area contributed by atoms with Gasteiger partial charge in [0.15, 0.2) is 0 Å². The predicted octanol–water partition coefficient (Wildman–Crippen LogP) is -1.33. The number of hydrogen-bond acceptors (Lipinski definition) is 3. The lowest BCUT2D eigenvalue weighted by atomic mass is 10.1. The van der Waals surface area contributed by atoms with Gasteiger partial charge >= 0.3 is 0 Å². The van der Waals surface area contributed by atoms with Gasteiger partial charge in [-0.1, -0.05) is 0 Å². The second kappa shape index (κ2) is 2.01. The van der Waals surface area contributed by atoms with Crippen LogP contribution < -0.4 is 11.1 Å². The Hall–Kier alpha value is -0.120. The summed E-state index contributed by atoms with van der Waals surface area (Å²) < 4.78 is 0. The van der Waals surface area contributed by atoms with Crippen molar-refractivity contribution in [3.8, 4) is 0 Å². The number of nitrogens with one attached hydrogen (secondary N) is 1. The molecule has 4 N–H and O–H groups in total. The molecule has 0 aromatic rings. The lowest BCUT2D eigenvalue weighted by Gasteiger charge is -2.17. The first-order chi connectivity index (χ1) is 3.77. The highest BCUT2D eigenvalue weighted by Crippen LogP contribution is 2.10. The number of rotatable bonds is 1. The van der Waals surface area contributed by atoms with E-state index in [1.54, 1.807) is 0 Å². The lowest BCUT2D eigenvalue weighted by molar-refractivity contribution is 0.0707. The average molecular weight is 116 g/mol. The molecule has 0 bridgehead atoms. The SMILES string of the molecule is NCC1(O)CCNC1. The molecule has 1 aliphatic heterocycles. The molecule has 1 heterocycles. The summed E-state index contributed by atoms with van der Waals surface area (Å²) >= 11 is 0. The average Bonchev–Trinajstić information content (AvgIpc) is 2.17. The molecule has 0 spiro atoms. The van der Waals surface area contributed by atoms with E-state index in [4.69, 9.17) is 5.73 Å². The van der Waals surface area contributed by atoms with Gasteiger partial charge in [0.1, 0.15) is 0 Å². The van der Waals surface area contributed by atoms with Gasteiger partial charge in [-0.05, 0) is 13.0 Å². The maximum Gasteiger partial charge on any atom is 0.0905 e. The van der Waals surface area contributed by atoms with Crippen LogP contribution in [0.15, 0.2) is 0 Å². The molecular weight excluding hydrogens is 104 g/mol. The summed E-state index contributed by atoms with van der Waals surface area (Å²) in [5, 5.41) is 12.3. The van der Waals surface area contributed by atoms with E-state index < -0.39 is 5.60 Å². The molecule has 3 nitrogen and oxygen atoms in total. The Morgan fingerprint density at radius 1 is 1.75 bits per heavy atom. The van der Waals surface area contributed by atoms with Crippen LogP contribution in [-0.4, -0.2) is 30.3 Å². The Labute approximate surface area is 48.9 Å². The van der Waals surface area contributed by atoms with Crippen molar-refractivity contribution in [1.29, 1.82) is 0 Å². The van der Waals surface area contributed by atoms with Gasteiger partial charge in [0, 0.05) is 13.1 Å². The molecule has 0 amide bonds. The monoisotopic (exact) mass is 116 g/mol. The second-order valence-electron chi connectivity index (χ2n) is 2.36. The van der Waals surface area contributed by atoms with Crippen molar-refractivity contribution in [2.24, 2.45) is 5.73 Å². The predicted molar refractivity (Wildman–Crippen MR) is 31.5 cm³/mol. The Balaban J connectivity index is 2.40. The van der Waals surface area contributed by atoms with Crippen LogP contribution in [0, 0.1) is 0 Å². The molecule has 1 rings (SSSR count). The van der Waals surface area contributed by atoms with Crippen molar-refractivity contribution in [1.82, 2.24) is 5.32 Å². The third-order valence-corrected chi connectivity index (χ3v) is 1.60. The van der Waals surface area contributed by atoms with Crippen molar-refractivity contribution >= 4 is 0 Å². The van der Waals surface area contributed by atoms with Crippen molar-refractivity contribution in [3.63, 3.8) is 0 Å². The Morgan fingerprint density at radius 3 is 2.75 bits per heavy atom. The van der Waals surface area contributed by atoms with Crippen LogP contribution in [0.5, 0.6) is 0 Å². The highest BCUT2D eigenvalue weighted by Gasteiger charge is 2.28. The molecule has 1 fully saturated rings. The van der Waals surface area contributed by atoms with E-state index >= 15 is 0 Å².